The first kappa shape index (κ1) is 26.3. The number of ether oxygens (including phenoxy) is 2. The number of alkyl halides is 2. The molecule has 0 atom stereocenters. The Morgan fingerprint density at radius 3 is 2.66 bits per heavy atom. The highest BCUT2D eigenvalue weighted by Gasteiger charge is 2.33. The van der Waals surface area contributed by atoms with E-state index in [0.717, 1.165) is 17.8 Å². The van der Waals surface area contributed by atoms with Gasteiger partial charge in [0, 0.05) is 18.2 Å². The largest absolute Gasteiger partial charge is 0.495 e. The van der Waals surface area contributed by atoms with E-state index >= 15 is 0 Å². The number of carbonyl (C=O) groups excluding carboxylic acids is 2. The van der Waals surface area contributed by atoms with Crippen LogP contribution in [0.5, 0.6) is 11.5 Å². The van der Waals surface area contributed by atoms with Crippen LogP contribution in [0.1, 0.15) is 5.76 Å². The van der Waals surface area contributed by atoms with Crippen molar-refractivity contribution >= 4 is 51.9 Å². The molecule has 0 spiro atoms. The van der Waals surface area contributed by atoms with Gasteiger partial charge in [-0.25, -0.2) is 4.99 Å². The molecular formula is C24H18F2N4O7S. The van der Waals surface area contributed by atoms with Gasteiger partial charge in [-0.05, 0) is 42.5 Å². The molecule has 1 aliphatic rings. The number of thioether (sulfide) groups is 1. The molecule has 2 amide bonds. The number of anilines is 2. The van der Waals surface area contributed by atoms with Gasteiger partial charge in [0.15, 0.2) is 5.17 Å². The zero-order valence-electron chi connectivity index (χ0n) is 19.5. The van der Waals surface area contributed by atoms with Crippen molar-refractivity contribution in [2.24, 2.45) is 4.99 Å². The minimum atomic E-state index is -3.01. The molecule has 0 fully saturated rings. The Hall–Kier alpha value is -4.72. The van der Waals surface area contributed by atoms with Crippen LogP contribution in [-0.4, -0.2) is 41.4 Å². The fourth-order valence-corrected chi connectivity index (χ4v) is 4.14. The highest BCUT2D eigenvalue weighted by molar-refractivity contribution is 8.14. The third-order valence-corrected chi connectivity index (χ3v) is 5.91. The summed E-state index contributed by atoms with van der Waals surface area (Å²) in [5.41, 5.74) is 0.182. The quantitative estimate of drug-likeness (QED) is 0.228. The van der Waals surface area contributed by atoms with E-state index in [0.29, 0.717) is 11.4 Å². The number of rotatable bonds is 9. The van der Waals surface area contributed by atoms with Gasteiger partial charge in [0.05, 0.1) is 35.4 Å². The van der Waals surface area contributed by atoms with Crippen LogP contribution < -0.4 is 19.7 Å². The van der Waals surface area contributed by atoms with Crippen LogP contribution in [-0.2, 0) is 9.59 Å². The summed E-state index contributed by atoms with van der Waals surface area (Å²) >= 11 is 0.919. The number of furan rings is 1. The molecule has 0 saturated carbocycles. The van der Waals surface area contributed by atoms with Crippen LogP contribution >= 0.6 is 11.8 Å². The van der Waals surface area contributed by atoms with Crippen LogP contribution in [0.15, 0.2) is 76.0 Å². The van der Waals surface area contributed by atoms with E-state index in [1.807, 2.05) is 0 Å². The van der Waals surface area contributed by atoms with Crippen molar-refractivity contribution in [1.82, 2.24) is 0 Å². The zero-order valence-corrected chi connectivity index (χ0v) is 20.3. The number of halogens is 2. The first-order valence-corrected chi connectivity index (χ1v) is 11.7. The predicted molar refractivity (Wildman–Crippen MR) is 135 cm³/mol. The van der Waals surface area contributed by atoms with Gasteiger partial charge in [-0.15, -0.1) is 0 Å². The van der Waals surface area contributed by atoms with E-state index in [9.17, 15) is 28.5 Å². The van der Waals surface area contributed by atoms with Crippen molar-refractivity contribution < 1.29 is 37.2 Å². The zero-order chi connectivity index (χ0) is 27.2. The molecule has 196 valence electrons. The lowest BCUT2D eigenvalue weighted by Crippen LogP contribution is -2.31. The molecule has 1 aromatic heterocycles. The van der Waals surface area contributed by atoms with E-state index in [1.54, 1.807) is 12.1 Å². The number of hydrogen-bond donors (Lipinski definition) is 1. The van der Waals surface area contributed by atoms with E-state index in [2.05, 4.69) is 15.0 Å². The molecule has 38 heavy (non-hydrogen) atoms. The molecule has 3 aromatic rings. The van der Waals surface area contributed by atoms with Gasteiger partial charge >= 0.3 is 6.61 Å². The fraction of sp³-hybridized carbons (Fsp3) is 0.125. The van der Waals surface area contributed by atoms with Gasteiger partial charge in [0.2, 0.25) is 5.91 Å². The Labute approximate surface area is 217 Å². The summed E-state index contributed by atoms with van der Waals surface area (Å²) in [5.74, 6) is -0.814. The third kappa shape index (κ3) is 6.15. The fourth-order valence-electron chi connectivity index (χ4n) is 3.33. The van der Waals surface area contributed by atoms with Crippen LogP contribution in [0.4, 0.5) is 25.8 Å². The van der Waals surface area contributed by atoms with Gasteiger partial charge in [-0.3, -0.25) is 24.6 Å². The molecule has 0 aliphatic carbocycles. The average Bonchev–Trinajstić information content (AvgIpc) is 3.51. The molecule has 4 rings (SSSR count). The number of methoxy groups -OCH3 is 1. The van der Waals surface area contributed by atoms with Crippen LogP contribution in [0.2, 0.25) is 0 Å². The molecular weight excluding hydrogens is 526 g/mol. The highest BCUT2D eigenvalue weighted by Crippen LogP contribution is 2.32. The second kappa shape index (κ2) is 11.6. The Kier molecular flexibility index (Phi) is 8.01. The first-order valence-electron chi connectivity index (χ1n) is 10.7. The highest BCUT2D eigenvalue weighted by atomic mass is 32.2. The van der Waals surface area contributed by atoms with Gasteiger partial charge in [-0.1, -0.05) is 11.8 Å². The Bertz CT molecular complexity index is 1410. The van der Waals surface area contributed by atoms with Crippen molar-refractivity contribution in [3.8, 4) is 11.5 Å². The smallest absolute Gasteiger partial charge is 0.387 e. The molecule has 0 saturated heterocycles. The summed E-state index contributed by atoms with van der Waals surface area (Å²) in [7, 11) is 1.35. The summed E-state index contributed by atoms with van der Waals surface area (Å²) < 4.78 is 39.8. The van der Waals surface area contributed by atoms with Crippen molar-refractivity contribution in [2.45, 2.75) is 6.61 Å². The molecule has 0 bridgehead atoms. The lowest BCUT2D eigenvalue weighted by molar-refractivity contribution is -0.384. The monoisotopic (exact) mass is 544 g/mol. The Morgan fingerprint density at radius 1 is 1.26 bits per heavy atom. The maximum absolute atomic E-state index is 13.2. The number of amides is 2. The summed E-state index contributed by atoms with van der Waals surface area (Å²) in [4.78, 5) is 41.9. The molecule has 1 aliphatic heterocycles. The van der Waals surface area contributed by atoms with Crippen LogP contribution in [0.25, 0.3) is 6.08 Å². The second-order valence-corrected chi connectivity index (χ2v) is 8.37. The lowest BCUT2D eigenvalue weighted by atomic mass is 10.2. The minimum Gasteiger partial charge on any atom is -0.495 e. The van der Waals surface area contributed by atoms with Crippen molar-refractivity contribution in [1.29, 1.82) is 0 Å². The number of hydrogen-bond acceptors (Lipinski definition) is 9. The summed E-state index contributed by atoms with van der Waals surface area (Å²) in [6, 6.07) is 12.4. The van der Waals surface area contributed by atoms with Crippen molar-refractivity contribution in [2.75, 3.05) is 23.1 Å². The first-order chi connectivity index (χ1) is 18.2. The van der Waals surface area contributed by atoms with E-state index < -0.39 is 23.3 Å². The third-order valence-electron chi connectivity index (χ3n) is 4.97. The number of aliphatic imine (C=N–C) groups is 1. The van der Waals surface area contributed by atoms with Gasteiger partial charge in [-0.2, -0.15) is 8.78 Å². The summed E-state index contributed by atoms with van der Waals surface area (Å²) in [5, 5.41) is 13.8. The average molecular weight is 544 g/mol. The number of nitro benzene ring substituents is 1. The number of benzene rings is 2. The normalized spacial score (nSPS) is 14.1. The summed E-state index contributed by atoms with van der Waals surface area (Å²) in [6.45, 7) is -3.01. The van der Waals surface area contributed by atoms with Crippen molar-refractivity contribution in [3.63, 3.8) is 0 Å². The van der Waals surface area contributed by atoms with E-state index in [1.165, 1.54) is 60.7 Å². The summed E-state index contributed by atoms with van der Waals surface area (Å²) in [6.07, 6.45) is 2.85. The number of amidine groups is 1. The topological polar surface area (TPSA) is 137 Å². The number of non-ortho nitro benzene ring substituents is 1. The van der Waals surface area contributed by atoms with Crippen molar-refractivity contribution in [3.05, 3.63) is 82.4 Å². The van der Waals surface area contributed by atoms with E-state index in [-0.39, 0.29) is 39.5 Å². The Morgan fingerprint density at radius 2 is 2.03 bits per heavy atom. The number of carbonyl (C=O) groups is 2. The predicted octanol–water partition coefficient (Wildman–Crippen LogP) is 4.91. The number of nitro groups is 1. The van der Waals surface area contributed by atoms with Gasteiger partial charge < -0.3 is 19.2 Å². The minimum absolute atomic E-state index is 0.0242. The van der Waals surface area contributed by atoms with Crippen LogP contribution in [0.3, 0.4) is 0 Å². The molecule has 2 heterocycles. The van der Waals surface area contributed by atoms with Gasteiger partial charge in [0.25, 0.3) is 11.6 Å². The maximum Gasteiger partial charge on any atom is 0.387 e. The van der Waals surface area contributed by atoms with E-state index in [4.69, 9.17) is 9.15 Å². The SMILES string of the molecule is COc1ccc([N+](=O)[O-])cc1NC(=O)CSC1=N/C(=C/c2ccco2)C(=O)N1c1ccc(OC(F)F)cc1. The second-order valence-electron chi connectivity index (χ2n) is 7.43. The molecule has 11 nitrogen and oxygen atoms in total. The maximum atomic E-state index is 13.2. The number of nitrogens with one attached hydrogen (secondary N) is 1. The molecule has 0 unspecified atom stereocenters. The Balaban J connectivity index is 1.55. The number of nitrogens with zero attached hydrogens (tertiary/aromatic N) is 3. The van der Waals surface area contributed by atoms with Gasteiger partial charge in [0.1, 0.15) is 23.0 Å². The molecule has 1 N–H and O–H groups in total. The standard InChI is InChI=1S/C24H18F2N4O7S/c1-35-20-9-6-15(30(33)34)11-18(20)27-21(31)13-38-24-28-19(12-17-3-2-10-36-17)22(32)29(24)14-4-7-16(8-5-14)37-23(25)26/h2-12,23H,13H2,1H3,(H,27,31)/b19-12+. The molecule has 2 aromatic carbocycles. The van der Waals surface area contributed by atoms with Crippen LogP contribution in [0, 0.1) is 10.1 Å². The lowest BCUT2D eigenvalue weighted by Gasteiger charge is -2.18. The molecule has 0 radical (unpaired) electrons. The molecule has 14 heteroatoms.